The standard InChI is InChI=1S/C27H35N/c1-3-22-8-14-26(15-9-22)27-18-16-25(17-19-27)21(2)24-12-10-23(11-13-24)7-5-4-6-20-28/h4-9,14-15,23-25,27H,2-3,10-13,16-19H2,1H3/b6-4+,7-5+/t23-,24-,25-,27-. The molecule has 2 aliphatic carbocycles. The van der Waals surface area contributed by atoms with E-state index in [2.05, 4.69) is 43.8 Å². The van der Waals surface area contributed by atoms with Gasteiger partial charge >= 0.3 is 0 Å². The van der Waals surface area contributed by atoms with Crippen LogP contribution in [-0.4, -0.2) is 0 Å². The Morgan fingerprint density at radius 2 is 1.57 bits per heavy atom. The van der Waals surface area contributed by atoms with Gasteiger partial charge in [-0.3, -0.25) is 0 Å². The van der Waals surface area contributed by atoms with Gasteiger partial charge in [-0.2, -0.15) is 5.26 Å². The van der Waals surface area contributed by atoms with Crippen molar-refractivity contribution in [3.05, 3.63) is 71.8 Å². The van der Waals surface area contributed by atoms with E-state index in [0.717, 1.165) is 24.2 Å². The number of hydrogen-bond donors (Lipinski definition) is 0. The zero-order valence-corrected chi connectivity index (χ0v) is 17.4. The van der Waals surface area contributed by atoms with E-state index in [9.17, 15) is 0 Å². The molecule has 0 heterocycles. The molecule has 148 valence electrons. The van der Waals surface area contributed by atoms with Gasteiger partial charge in [-0.05, 0) is 92.6 Å². The number of hydrogen-bond acceptors (Lipinski definition) is 1. The zero-order valence-electron chi connectivity index (χ0n) is 17.4. The second-order valence-corrected chi connectivity index (χ2v) is 8.70. The van der Waals surface area contributed by atoms with Crippen molar-refractivity contribution in [3.63, 3.8) is 0 Å². The predicted octanol–water partition coefficient (Wildman–Crippen LogP) is 7.52. The molecule has 1 nitrogen and oxygen atoms in total. The second-order valence-electron chi connectivity index (χ2n) is 8.70. The molecule has 0 aromatic heterocycles. The molecule has 0 spiro atoms. The van der Waals surface area contributed by atoms with Gasteiger partial charge in [-0.15, -0.1) is 0 Å². The maximum absolute atomic E-state index is 8.54. The van der Waals surface area contributed by atoms with E-state index in [-0.39, 0.29) is 0 Å². The van der Waals surface area contributed by atoms with Gasteiger partial charge in [-0.25, -0.2) is 0 Å². The Kier molecular flexibility index (Phi) is 7.72. The third-order valence-electron chi connectivity index (χ3n) is 7.07. The maximum atomic E-state index is 8.54. The molecule has 1 aromatic carbocycles. The minimum Gasteiger partial charge on any atom is -0.193 e. The van der Waals surface area contributed by atoms with Gasteiger partial charge in [0.25, 0.3) is 0 Å². The third-order valence-corrected chi connectivity index (χ3v) is 7.07. The highest BCUT2D eigenvalue weighted by Crippen LogP contribution is 2.43. The highest BCUT2D eigenvalue weighted by Gasteiger charge is 2.29. The van der Waals surface area contributed by atoms with Crippen LogP contribution in [0.4, 0.5) is 0 Å². The normalized spacial score (nSPS) is 28.4. The Balaban J connectivity index is 1.44. The van der Waals surface area contributed by atoms with E-state index in [4.69, 9.17) is 5.26 Å². The molecule has 0 saturated heterocycles. The Morgan fingerprint density at radius 1 is 0.964 bits per heavy atom. The smallest absolute Gasteiger partial charge is 0.0912 e. The molecule has 0 aliphatic heterocycles. The fourth-order valence-electron chi connectivity index (χ4n) is 5.16. The summed E-state index contributed by atoms with van der Waals surface area (Å²) in [5.41, 5.74) is 4.53. The Bertz CT molecular complexity index is 715. The van der Waals surface area contributed by atoms with Gasteiger partial charge in [0.1, 0.15) is 0 Å². The summed E-state index contributed by atoms with van der Waals surface area (Å²) in [5, 5.41) is 8.54. The first kappa shape index (κ1) is 20.7. The molecule has 28 heavy (non-hydrogen) atoms. The van der Waals surface area contributed by atoms with Gasteiger partial charge in [0.05, 0.1) is 6.07 Å². The first-order chi connectivity index (χ1) is 13.7. The van der Waals surface area contributed by atoms with Crippen LogP contribution in [0.25, 0.3) is 0 Å². The van der Waals surface area contributed by atoms with Crippen molar-refractivity contribution in [1.82, 2.24) is 0 Å². The Hall–Kier alpha value is -2.07. The lowest BCUT2D eigenvalue weighted by Gasteiger charge is -2.36. The molecule has 0 radical (unpaired) electrons. The first-order valence-corrected chi connectivity index (χ1v) is 11.2. The van der Waals surface area contributed by atoms with Crippen LogP contribution in [0.2, 0.25) is 0 Å². The van der Waals surface area contributed by atoms with E-state index in [1.54, 1.807) is 17.2 Å². The molecule has 1 heteroatoms. The summed E-state index contributed by atoms with van der Waals surface area (Å²) in [7, 11) is 0. The molecule has 3 rings (SSSR count). The van der Waals surface area contributed by atoms with Gasteiger partial charge in [-0.1, -0.05) is 61.6 Å². The quantitative estimate of drug-likeness (QED) is 0.287. The van der Waals surface area contributed by atoms with Crippen LogP contribution in [0.1, 0.15) is 75.3 Å². The van der Waals surface area contributed by atoms with E-state index in [1.807, 2.05) is 18.2 Å². The number of allylic oxidation sites excluding steroid dienone is 5. The van der Waals surface area contributed by atoms with E-state index in [0.29, 0.717) is 5.92 Å². The number of aryl methyl sites for hydroxylation is 1. The Morgan fingerprint density at radius 3 is 2.14 bits per heavy atom. The van der Waals surface area contributed by atoms with Crippen molar-refractivity contribution < 1.29 is 0 Å². The van der Waals surface area contributed by atoms with Crippen LogP contribution in [0.15, 0.2) is 60.7 Å². The van der Waals surface area contributed by atoms with Gasteiger partial charge < -0.3 is 0 Å². The van der Waals surface area contributed by atoms with Crippen molar-refractivity contribution in [2.75, 3.05) is 0 Å². The second kappa shape index (κ2) is 10.5. The van der Waals surface area contributed by atoms with Crippen LogP contribution in [-0.2, 0) is 6.42 Å². The molecule has 1 aromatic rings. The van der Waals surface area contributed by atoms with Crippen LogP contribution < -0.4 is 0 Å². The zero-order chi connectivity index (χ0) is 19.8. The van der Waals surface area contributed by atoms with E-state index >= 15 is 0 Å². The summed E-state index contributed by atoms with van der Waals surface area (Å²) in [6.07, 6.45) is 19.2. The lowest BCUT2D eigenvalue weighted by atomic mass is 9.70. The van der Waals surface area contributed by atoms with E-state index < -0.39 is 0 Å². The summed E-state index contributed by atoms with van der Waals surface area (Å²) in [6, 6.07) is 11.4. The molecule has 0 N–H and O–H groups in total. The van der Waals surface area contributed by atoms with Crippen LogP contribution in [0, 0.1) is 29.1 Å². The Labute approximate surface area is 171 Å². The minimum atomic E-state index is 0.675. The predicted molar refractivity (Wildman–Crippen MR) is 119 cm³/mol. The van der Waals surface area contributed by atoms with Crippen molar-refractivity contribution in [2.45, 2.75) is 70.6 Å². The number of rotatable bonds is 6. The SMILES string of the molecule is C=C([C@H]1CC[C@H](/C=C/C=C/C#N)CC1)[C@H]1CC[C@H](c2ccc(CC)cc2)CC1. The minimum absolute atomic E-state index is 0.675. The largest absolute Gasteiger partial charge is 0.193 e. The molecule has 0 atom stereocenters. The summed E-state index contributed by atoms with van der Waals surface area (Å²) in [6.45, 7) is 6.79. The lowest BCUT2D eigenvalue weighted by Crippen LogP contribution is -2.22. The molecular weight excluding hydrogens is 338 g/mol. The van der Waals surface area contributed by atoms with Crippen molar-refractivity contribution in [1.29, 1.82) is 5.26 Å². The average molecular weight is 374 g/mol. The summed E-state index contributed by atoms with van der Waals surface area (Å²) in [5.74, 6) is 2.89. The third kappa shape index (κ3) is 5.48. The summed E-state index contributed by atoms with van der Waals surface area (Å²) >= 11 is 0. The molecule has 2 saturated carbocycles. The van der Waals surface area contributed by atoms with Crippen molar-refractivity contribution in [3.8, 4) is 6.07 Å². The molecule has 0 unspecified atom stereocenters. The monoisotopic (exact) mass is 373 g/mol. The lowest BCUT2D eigenvalue weighted by molar-refractivity contribution is 0.290. The number of nitriles is 1. The molecule has 0 bridgehead atoms. The summed E-state index contributed by atoms with van der Waals surface area (Å²) in [4.78, 5) is 0. The number of benzene rings is 1. The fraction of sp³-hybridized carbons (Fsp3) is 0.519. The van der Waals surface area contributed by atoms with Gasteiger partial charge in [0.2, 0.25) is 0 Å². The molecule has 2 fully saturated rings. The number of nitrogens with zero attached hydrogens (tertiary/aromatic N) is 1. The maximum Gasteiger partial charge on any atom is 0.0912 e. The van der Waals surface area contributed by atoms with Crippen LogP contribution >= 0.6 is 0 Å². The first-order valence-electron chi connectivity index (χ1n) is 11.2. The van der Waals surface area contributed by atoms with Crippen molar-refractivity contribution >= 4 is 0 Å². The van der Waals surface area contributed by atoms with E-state index in [1.165, 1.54) is 56.9 Å². The highest BCUT2D eigenvalue weighted by atomic mass is 14.3. The fourth-order valence-corrected chi connectivity index (χ4v) is 5.16. The van der Waals surface area contributed by atoms with Crippen LogP contribution in [0.5, 0.6) is 0 Å². The summed E-state index contributed by atoms with van der Waals surface area (Å²) < 4.78 is 0. The average Bonchev–Trinajstić information content (AvgIpc) is 2.77. The van der Waals surface area contributed by atoms with Gasteiger partial charge in [0, 0.05) is 6.08 Å². The molecule has 2 aliphatic rings. The van der Waals surface area contributed by atoms with Crippen LogP contribution in [0.3, 0.4) is 0 Å². The molecule has 0 amide bonds. The highest BCUT2D eigenvalue weighted by molar-refractivity contribution is 5.26. The van der Waals surface area contributed by atoms with Gasteiger partial charge in [0.15, 0.2) is 0 Å². The molecular formula is C27H35N. The van der Waals surface area contributed by atoms with Crippen molar-refractivity contribution in [2.24, 2.45) is 17.8 Å². The topological polar surface area (TPSA) is 23.8 Å².